The molecule has 1 aromatic rings. The Hall–Kier alpha value is -2.09. The number of carbonyl (C=O) groups excluding carboxylic acids is 1. The highest BCUT2D eigenvalue weighted by molar-refractivity contribution is 5.81. The lowest BCUT2D eigenvalue weighted by Gasteiger charge is -2.27. The van der Waals surface area contributed by atoms with Crippen LogP contribution in [0.25, 0.3) is 0 Å². The summed E-state index contributed by atoms with van der Waals surface area (Å²) in [4.78, 5) is 13.9. The monoisotopic (exact) mass is 276 g/mol. The van der Waals surface area contributed by atoms with Crippen LogP contribution < -0.4 is 4.74 Å². The summed E-state index contributed by atoms with van der Waals surface area (Å²) in [6.45, 7) is 6.36. The first-order chi connectivity index (χ1) is 9.32. The molecule has 0 aliphatic carbocycles. The average Bonchev–Trinajstić information content (AvgIpc) is 2.59. The van der Waals surface area contributed by atoms with Gasteiger partial charge < -0.3 is 9.64 Å². The zero-order chi connectivity index (χ0) is 14.9. The van der Waals surface area contributed by atoms with Crippen molar-refractivity contribution in [3.63, 3.8) is 0 Å². The van der Waals surface area contributed by atoms with E-state index in [2.05, 4.69) is 0 Å². The van der Waals surface area contributed by atoms with E-state index in [0.717, 1.165) is 0 Å². The predicted molar refractivity (Wildman–Crippen MR) is 71.5 cm³/mol. The van der Waals surface area contributed by atoms with Crippen molar-refractivity contribution in [2.24, 2.45) is 5.41 Å². The van der Waals surface area contributed by atoms with Crippen LogP contribution in [0.1, 0.15) is 31.9 Å². The summed E-state index contributed by atoms with van der Waals surface area (Å²) in [7, 11) is 0. The van der Waals surface area contributed by atoms with E-state index in [4.69, 9.17) is 10.00 Å². The normalized spacial score (nSPS) is 14.8. The molecule has 5 heteroatoms. The zero-order valence-corrected chi connectivity index (χ0v) is 11.9. The molecule has 0 N–H and O–H groups in total. The molecule has 0 saturated carbocycles. The van der Waals surface area contributed by atoms with Crippen LogP contribution in [-0.4, -0.2) is 24.0 Å². The van der Waals surface area contributed by atoms with E-state index >= 15 is 0 Å². The Balaban J connectivity index is 2.36. The Kier molecular flexibility index (Phi) is 3.67. The Morgan fingerprint density at radius 1 is 1.45 bits per heavy atom. The molecule has 1 aromatic carbocycles. The van der Waals surface area contributed by atoms with Gasteiger partial charge in [-0.15, -0.1) is 0 Å². The molecule has 1 amide bonds. The molecule has 1 aliphatic rings. The van der Waals surface area contributed by atoms with Crippen molar-refractivity contribution in [2.75, 3.05) is 13.2 Å². The smallest absolute Gasteiger partial charge is 0.228 e. The van der Waals surface area contributed by atoms with Crippen molar-refractivity contribution < 1.29 is 13.9 Å². The molecule has 0 bridgehead atoms. The molecule has 0 atom stereocenters. The fraction of sp³-hybridized carbons (Fsp3) is 0.467. The van der Waals surface area contributed by atoms with Gasteiger partial charge in [-0.1, -0.05) is 20.8 Å². The largest absolute Gasteiger partial charge is 0.491 e. The highest BCUT2D eigenvalue weighted by atomic mass is 19.1. The Morgan fingerprint density at radius 2 is 2.15 bits per heavy atom. The lowest BCUT2D eigenvalue weighted by Crippen LogP contribution is -2.40. The molecule has 0 unspecified atom stereocenters. The van der Waals surface area contributed by atoms with E-state index in [1.807, 2.05) is 26.8 Å². The fourth-order valence-electron chi connectivity index (χ4n) is 2.14. The van der Waals surface area contributed by atoms with Crippen LogP contribution >= 0.6 is 0 Å². The number of ether oxygens (including phenoxy) is 1. The van der Waals surface area contributed by atoms with Crippen LogP contribution in [0.15, 0.2) is 12.1 Å². The summed E-state index contributed by atoms with van der Waals surface area (Å²) in [6.07, 6.45) is 0. The highest BCUT2D eigenvalue weighted by Gasteiger charge is 2.30. The highest BCUT2D eigenvalue weighted by Crippen LogP contribution is 2.29. The Labute approximate surface area is 117 Å². The van der Waals surface area contributed by atoms with Crippen molar-refractivity contribution in [3.05, 3.63) is 29.1 Å². The number of carbonyl (C=O) groups is 1. The third kappa shape index (κ3) is 2.74. The van der Waals surface area contributed by atoms with E-state index in [9.17, 15) is 9.18 Å². The van der Waals surface area contributed by atoms with Gasteiger partial charge in [-0.3, -0.25) is 4.79 Å². The number of hydrogen-bond acceptors (Lipinski definition) is 3. The topological polar surface area (TPSA) is 53.3 Å². The molecule has 0 radical (unpaired) electrons. The molecule has 0 fully saturated rings. The number of amides is 1. The first-order valence-electron chi connectivity index (χ1n) is 6.47. The molecule has 0 aromatic heterocycles. The molecular weight excluding hydrogens is 259 g/mol. The lowest BCUT2D eigenvalue weighted by atomic mass is 9.94. The van der Waals surface area contributed by atoms with Crippen molar-refractivity contribution in [1.82, 2.24) is 4.90 Å². The molecular formula is C15H17FN2O2. The second kappa shape index (κ2) is 5.12. The molecule has 106 valence electrons. The van der Waals surface area contributed by atoms with Crippen LogP contribution in [0.5, 0.6) is 5.75 Å². The summed E-state index contributed by atoms with van der Waals surface area (Å²) < 4.78 is 19.5. The van der Waals surface area contributed by atoms with Crippen LogP contribution in [0, 0.1) is 22.6 Å². The van der Waals surface area contributed by atoms with E-state index in [1.165, 1.54) is 12.1 Å². The van der Waals surface area contributed by atoms with Crippen molar-refractivity contribution >= 4 is 5.91 Å². The first kappa shape index (κ1) is 14.3. The van der Waals surface area contributed by atoms with E-state index in [1.54, 1.807) is 4.90 Å². The quantitative estimate of drug-likeness (QED) is 0.731. The molecule has 2 rings (SSSR count). The number of nitriles is 1. The predicted octanol–water partition coefficient (Wildman–Crippen LogP) is 2.46. The first-order valence-corrected chi connectivity index (χ1v) is 6.47. The van der Waals surface area contributed by atoms with Gasteiger partial charge >= 0.3 is 0 Å². The number of fused-ring (bicyclic) bond motifs is 1. The van der Waals surface area contributed by atoms with E-state index < -0.39 is 11.2 Å². The maximum absolute atomic E-state index is 14.1. The van der Waals surface area contributed by atoms with Gasteiger partial charge in [0.2, 0.25) is 5.91 Å². The molecule has 0 saturated heterocycles. The van der Waals surface area contributed by atoms with Gasteiger partial charge in [-0.05, 0) is 12.1 Å². The van der Waals surface area contributed by atoms with Gasteiger partial charge in [0, 0.05) is 11.0 Å². The minimum Gasteiger partial charge on any atom is -0.491 e. The number of hydrogen-bond donors (Lipinski definition) is 0. The summed E-state index contributed by atoms with van der Waals surface area (Å²) in [5.41, 5.74) is 0.0315. The van der Waals surface area contributed by atoms with Gasteiger partial charge in [-0.2, -0.15) is 5.26 Å². The van der Waals surface area contributed by atoms with Gasteiger partial charge in [0.05, 0.1) is 24.7 Å². The SMILES string of the molecule is CC(C)(C)C(=O)N1CCOc2cc(C#N)cc(F)c2C1. The minimum absolute atomic E-state index is 0.0438. The summed E-state index contributed by atoms with van der Waals surface area (Å²) >= 11 is 0. The molecule has 4 nitrogen and oxygen atoms in total. The molecule has 0 spiro atoms. The number of benzene rings is 1. The summed E-state index contributed by atoms with van der Waals surface area (Å²) in [5, 5.41) is 8.84. The molecule has 1 heterocycles. The minimum atomic E-state index is -0.520. The second-order valence-corrected chi connectivity index (χ2v) is 5.87. The average molecular weight is 276 g/mol. The van der Waals surface area contributed by atoms with Crippen molar-refractivity contribution in [1.29, 1.82) is 5.26 Å². The van der Waals surface area contributed by atoms with Gasteiger partial charge in [0.15, 0.2) is 0 Å². The third-order valence-corrected chi connectivity index (χ3v) is 3.18. The van der Waals surface area contributed by atoms with Crippen molar-refractivity contribution in [2.45, 2.75) is 27.3 Å². The van der Waals surface area contributed by atoms with Gasteiger partial charge in [0.1, 0.15) is 18.2 Å². The Morgan fingerprint density at radius 3 is 2.75 bits per heavy atom. The summed E-state index contributed by atoms with van der Waals surface area (Å²) in [5.74, 6) is -0.198. The van der Waals surface area contributed by atoms with Gasteiger partial charge in [0.25, 0.3) is 0 Å². The molecule has 1 aliphatic heterocycles. The standard InChI is InChI=1S/C15H17FN2O2/c1-15(2,3)14(19)18-4-5-20-13-7-10(8-17)6-12(16)11(13)9-18/h6-7H,4-5,9H2,1-3H3. The van der Waals surface area contributed by atoms with E-state index in [-0.39, 0.29) is 18.0 Å². The lowest BCUT2D eigenvalue weighted by molar-refractivity contribution is -0.140. The van der Waals surface area contributed by atoms with Gasteiger partial charge in [-0.25, -0.2) is 4.39 Å². The summed E-state index contributed by atoms with van der Waals surface area (Å²) in [6, 6.07) is 4.59. The maximum Gasteiger partial charge on any atom is 0.228 e. The fourth-order valence-corrected chi connectivity index (χ4v) is 2.14. The van der Waals surface area contributed by atoms with E-state index in [0.29, 0.717) is 24.5 Å². The van der Waals surface area contributed by atoms with Crippen LogP contribution in [0.3, 0.4) is 0 Å². The third-order valence-electron chi connectivity index (χ3n) is 3.18. The van der Waals surface area contributed by atoms with Crippen molar-refractivity contribution in [3.8, 4) is 11.8 Å². The second-order valence-electron chi connectivity index (χ2n) is 5.87. The maximum atomic E-state index is 14.1. The number of halogens is 1. The zero-order valence-electron chi connectivity index (χ0n) is 11.9. The molecule has 20 heavy (non-hydrogen) atoms. The van der Waals surface area contributed by atoms with Crippen LogP contribution in [-0.2, 0) is 11.3 Å². The van der Waals surface area contributed by atoms with Crippen LogP contribution in [0.2, 0.25) is 0 Å². The number of rotatable bonds is 0. The van der Waals surface area contributed by atoms with Crippen LogP contribution in [0.4, 0.5) is 4.39 Å². The number of nitrogens with zero attached hydrogens (tertiary/aromatic N) is 2. The Bertz CT molecular complexity index is 585.